The van der Waals surface area contributed by atoms with Crippen LogP contribution in [0.3, 0.4) is 0 Å². The van der Waals surface area contributed by atoms with E-state index in [1.807, 2.05) is 23.2 Å². The van der Waals surface area contributed by atoms with Crippen molar-refractivity contribution in [3.63, 3.8) is 0 Å². The molecule has 0 aliphatic carbocycles. The van der Waals surface area contributed by atoms with Crippen LogP contribution >= 0.6 is 0 Å². The summed E-state index contributed by atoms with van der Waals surface area (Å²) in [5, 5.41) is 14.4. The minimum absolute atomic E-state index is 0.0798. The molecule has 3 aromatic rings. The Balaban J connectivity index is 1.40. The van der Waals surface area contributed by atoms with Gasteiger partial charge in [-0.3, -0.25) is 0 Å². The van der Waals surface area contributed by atoms with E-state index in [2.05, 4.69) is 53.1 Å². The summed E-state index contributed by atoms with van der Waals surface area (Å²) >= 11 is 0. The number of aliphatic hydroxyl groups is 1. The number of nitrogens with one attached hydrogen (secondary N) is 1. The maximum absolute atomic E-state index is 14.4. The molecule has 2 aromatic heterocycles. The SMILES string of the molecule is CC(C)c1ccc(N2C[C@H](CS(C)(=O)=O)[C@H]2C)c2cnc(Nc3ccnc(N4CC[C@](C)(O)[C@H](F)C4)c3)nc12. The van der Waals surface area contributed by atoms with Gasteiger partial charge in [-0.2, -0.15) is 0 Å². The first kappa shape index (κ1) is 27.5. The van der Waals surface area contributed by atoms with Crippen LogP contribution in [0.2, 0.25) is 0 Å². The zero-order valence-electron chi connectivity index (χ0n) is 23.1. The van der Waals surface area contributed by atoms with E-state index in [0.29, 0.717) is 31.3 Å². The third-order valence-electron chi connectivity index (χ3n) is 8.08. The summed E-state index contributed by atoms with van der Waals surface area (Å²) in [4.78, 5) is 18.0. The number of benzene rings is 1. The lowest BCUT2D eigenvalue weighted by Gasteiger charge is -2.48. The molecule has 39 heavy (non-hydrogen) atoms. The summed E-state index contributed by atoms with van der Waals surface area (Å²) in [5.41, 5.74) is 2.37. The van der Waals surface area contributed by atoms with Crippen molar-refractivity contribution in [2.75, 3.05) is 46.8 Å². The van der Waals surface area contributed by atoms with Crippen LogP contribution in [-0.4, -0.2) is 77.9 Å². The van der Waals surface area contributed by atoms with E-state index in [-0.39, 0.29) is 30.2 Å². The van der Waals surface area contributed by atoms with Gasteiger partial charge in [-0.1, -0.05) is 19.9 Å². The molecule has 2 aliphatic heterocycles. The Morgan fingerprint density at radius 2 is 2.00 bits per heavy atom. The fourth-order valence-corrected chi connectivity index (χ4v) is 6.66. The molecule has 5 rings (SSSR count). The van der Waals surface area contributed by atoms with Crippen LogP contribution in [0.15, 0.2) is 36.7 Å². The molecule has 2 N–H and O–H groups in total. The molecule has 1 aromatic carbocycles. The van der Waals surface area contributed by atoms with Crippen molar-refractivity contribution in [3.05, 3.63) is 42.2 Å². The van der Waals surface area contributed by atoms with Gasteiger partial charge in [0.05, 0.1) is 23.4 Å². The molecule has 0 amide bonds. The van der Waals surface area contributed by atoms with Gasteiger partial charge in [-0.05, 0) is 43.9 Å². The monoisotopic (exact) mass is 556 g/mol. The number of nitrogens with zero attached hydrogens (tertiary/aromatic N) is 5. The highest BCUT2D eigenvalue weighted by Crippen LogP contribution is 2.39. The van der Waals surface area contributed by atoms with Crippen molar-refractivity contribution in [3.8, 4) is 0 Å². The molecule has 11 heteroatoms. The second kappa shape index (κ2) is 10.2. The van der Waals surface area contributed by atoms with Gasteiger partial charge in [-0.15, -0.1) is 0 Å². The minimum Gasteiger partial charge on any atom is -0.387 e. The normalized spacial score (nSPS) is 25.7. The van der Waals surface area contributed by atoms with E-state index in [4.69, 9.17) is 4.98 Å². The first-order valence-corrected chi connectivity index (χ1v) is 15.5. The molecular formula is C28H37FN6O3S. The first-order valence-electron chi connectivity index (χ1n) is 13.4. The molecule has 2 fully saturated rings. The van der Waals surface area contributed by atoms with Gasteiger partial charge in [0.1, 0.15) is 21.8 Å². The topological polar surface area (TPSA) is 112 Å². The van der Waals surface area contributed by atoms with Gasteiger partial charge in [0.2, 0.25) is 5.95 Å². The Hall–Kier alpha value is -3.05. The first-order chi connectivity index (χ1) is 18.3. The Bertz CT molecular complexity index is 1480. The molecule has 2 aliphatic rings. The van der Waals surface area contributed by atoms with Crippen molar-refractivity contribution in [1.82, 2.24) is 15.0 Å². The lowest BCUT2D eigenvalue weighted by molar-refractivity contribution is -0.0331. The molecule has 0 spiro atoms. The smallest absolute Gasteiger partial charge is 0.227 e. The van der Waals surface area contributed by atoms with Crippen molar-refractivity contribution in [2.24, 2.45) is 5.92 Å². The predicted molar refractivity (Wildman–Crippen MR) is 154 cm³/mol. The Morgan fingerprint density at radius 3 is 2.67 bits per heavy atom. The molecule has 0 radical (unpaired) electrons. The summed E-state index contributed by atoms with van der Waals surface area (Å²) < 4.78 is 38.1. The predicted octanol–water partition coefficient (Wildman–Crippen LogP) is 4.06. The summed E-state index contributed by atoms with van der Waals surface area (Å²) in [5.74, 6) is 1.60. The fourth-order valence-electron chi connectivity index (χ4n) is 5.50. The Labute approximate surface area is 229 Å². The van der Waals surface area contributed by atoms with Gasteiger partial charge < -0.3 is 20.2 Å². The quantitative estimate of drug-likeness (QED) is 0.445. The maximum atomic E-state index is 14.4. The standard InChI is InChI=1S/C28H37FN6O3S/c1-17(2)21-6-7-23(35-14-19(18(35)3)16-39(5,37)38)22-13-31-27(33-26(21)22)32-20-8-10-30-25(12-20)34-11-9-28(4,36)24(29)15-34/h6-8,10,12-13,17-19,24,36H,9,11,14-16H2,1-5H3,(H,30,31,32,33)/t18-,19-,24-,28+/m1/s1. The largest absolute Gasteiger partial charge is 0.387 e. The number of halogens is 1. The lowest BCUT2D eigenvalue weighted by atomic mass is 9.89. The average molecular weight is 557 g/mol. The number of alkyl halides is 1. The van der Waals surface area contributed by atoms with Crippen LogP contribution in [0.25, 0.3) is 10.9 Å². The van der Waals surface area contributed by atoms with E-state index in [9.17, 15) is 17.9 Å². The summed E-state index contributed by atoms with van der Waals surface area (Å²) in [6, 6.07) is 7.93. The van der Waals surface area contributed by atoms with Crippen molar-refractivity contribution in [1.29, 1.82) is 0 Å². The van der Waals surface area contributed by atoms with E-state index < -0.39 is 21.6 Å². The second-order valence-electron chi connectivity index (χ2n) is 11.6. The number of aromatic nitrogens is 3. The Kier molecular flexibility index (Phi) is 7.17. The molecule has 4 atom stereocenters. The zero-order chi connectivity index (χ0) is 28.1. The highest BCUT2D eigenvalue weighted by Gasteiger charge is 2.39. The van der Waals surface area contributed by atoms with Crippen LogP contribution in [0.5, 0.6) is 0 Å². The van der Waals surface area contributed by atoms with Gasteiger partial charge in [-0.25, -0.2) is 27.8 Å². The van der Waals surface area contributed by atoms with Gasteiger partial charge in [0.15, 0.2) is 0 Å². The maximum Gasteiger partial charge on any atom is 0.227 e. The molecule has 4 heterocycles. The third-order valence-corrected chi connectivity index (χ3v) is 9.11. The molecule has 0 bridgehead atoms. The highest BCUT2D eigenvalue weighted by atomic mass is 32.2. The number of pyridine rings is 1. The molecule has 2 saturated heterocycles. The van der Waals surface area contributed by atoms with Gasteiger partial charge >= 0.3 is 0 Å². The van der Waals surface area contributed by atoms with Crippen LogP contribution in [-0.2, 0) is 9.84 Å². The lowest BCUT2D eigenvalue weighted by Crippen LogP contribution is -2.57. The van der Waals surface area contributed by atoms with E-state index in [1.165, 1.54) is 13.2 Å². The number of anilines is 4. The molecule has 210 valence electrons. The average Bonchev–Trinajstić information content (AvgIpc) is 2.86. The number of hydrogen-bond donors (Lipinski definition) is 2. The summed E-state index contributed by atoms with van der Waals surface area (Å²) in [6.45, 7) is 9.12. The van der Waals surface area contributed by atoms with Gasteiger partial charge in [0, 0.05) is 66.5 Å². The zero-order valence-corrected chi connectivity index (χ0v) is 23.9. The van der Waals surface area contributed by atoms with Crippen LogP contribution in [0.4, 0.5) is 27.5 Å². The summed E-state index contributed by atoms with van der Waals surface area (Å²) in [7, 11) is -3.03. The van der Waals surface area contributed by atoms with Crippen molar-refractivity contribution >= 4 is 43.9 Å². The highest BCUT2D eigenvalue weighted by molar-refractivity contribution is 7.90. The van der Waals surface area contributed by atoms with E-state index in [1.54, 1.807) is 6.20 Å². The van der Waals surface area contributed by atoms with Crippen LogP contribution in [0, 0.1) is 5.92 Å². The number of hydrogen-bond acceptors (Lipinski definition) is 9. The molecule has 0 unspecified atom stereocenters. The number of fused-ring (bicyclic) bond motifs is 1. The molecule has 0 saturated carbocycles. The minimum atomic E-state index is -3.03. The third kappa shape index (κ3) is 5.65. The van der Waals surface area contributed by atoms with Crippen LogP contribution in [0.1, 0.15) is 45.6 Å². The number of rotatable bonds is 7. The molecular weight excluding hydrogens is 519 g/mol. The van der Waals surface area contributed by atoms with E-state index in [0.717, 1.165) is 27.8 Å². The van der Waals surface area contributed by atoms with E-state index >= 15 is 0 Å². The van der Waals surface area contributed by atoms with Gasteiger partial charge in [0.25, 0.3) is 0 Å². The number of sulfone groups is 1. The number of piperidine rings is 1. The summed E-state index contributed by atoms with van der Waals surface area (Å²) in [6.07, 6.45) is 3.75. The molecule has 9 nitrogen and oxygen atoms in total. The fraction of sp³-hybridized carbons (Fsp3) is 0.536. The van der Waals surface area contributed by atoms with Crippen molar-refractivity contribution in [2.45, 2.75) is 57.8 Å². The van der Waals surface area contributed by atoms with Crippen LogP contribution < -0.4 is 15.1 Å². The Morgan fingerprint density at radius 1 is 1.23 bits per heavy atom. The second-order valence-corrected chi connectivity index (χ2v) is 13.8. The van der Waals surface area contributed by atoms with Crippen molar-refractivity contribution < 1.29 is 17.9 Å².